The molecule has 0 aliphatic heterocycles. The maximum absolute atomic E-state index is 9.16. The van der Waals surface area contributed by atoms with Gasteiger partial charge in [0.05, 0.1) is 12.4 Å². The van der Waals surface area contributed by atoms with Crippen molar-refractivity contribution in [2.24, 2.45) is 0 Å². The summed E-state index contributed by atoms with van der Waals surface area (Å²) < 4.78 is 7.50. The molecule has 6 nitrogen and oxygen atoms in total. The molecule has 0 amide bonds. The smallest absolute Gasteiger partial charge is 0.224 e. The van der Waals surface area contributed by atoms with Gasteiger partial charge in [-0.25, -0.2) is 4.98 Å². The highest BCUT2D eigenvalue weighted by Gasteiger charge is 2.12. The number of hydrogen-bond donors (Lipinski definition) is 0. The quantitative estimate of drug-likeness (QED) is 0.572. The Morgan fingerprint density at radius 3 is 2.68 bits per heavy atom. The first kappa shape index (κ1) is 14.8. The molecule has 4 aromatic rings. The van der Waals surface area contributed by atoms with E-state index in [9.17, 15) is 0 Å². The molecule has 25 heavy (non-hydrogen) atoms. The molecular weight excluding hydrogens is 314 g/mol. The van der Waals surface area contributed by atoms with Crippen LogP contribution in [-0.4, -0.2) is 19.6 Å². The van der Waals surface area contributed by atoms with E-state index in [-0.39, 0.29) is 0 Å². The number of aromatic nitrogens is 4. The van der Waals surface area contributed by atoms with Gasteiger partial charge in [0.1, 0.15) is 17.4 Å². The van der Waals surface area contributed by atoms with Crippen LogP contribution in [0.25, 0.3) is 16.8 Å². The van der Waals surface area contributed by atoms with Crippen molar-refractivity contribution in [1.82, 2.24) is 19.6 Å². The Balaban J connectivity index is 1.75. The van der Waals surface area contributed by atoms with Gasteiger partial charge in [0.2, 0.25) is 5.88 Å². The highest BCUT2D eigenvalue weighted by Crippen LogP contribution is 2.27. The minimum absolute atomic E-state index is 0.407. The van der Waals surface area contributed by atoms with Gasteiger partial charge in [-0.1, -0.05) is 30.3 Å². The molecule has 4 rings (SSSR count). The lowest BCUT2D eigenvalue weighted by atomic mass is 10.1. The minimum atomic E-state index is 0.407. The zero-order valence-corrected chi connectivity index (χ0v) is 13.4. The highest BCUT2D eigenvalue weighted by molar-refractivity contribution is 5.64. The summed E-state index contributed by atoms with van der Waals surface area (Å²) in [7, 11) is 0. The van der Waals surface area contributed by atoms with Crippen molar-refractivity contribution in [2.45, 2.75) is 6.92 Å². The summed E-state index contributed by atoms with van der Waals surface area (Å²) in [4.78, 5) is 8.61. The van der Waals surface area contributed by atoms with Gasteiger partial charge in [0.15, 0.2) is 5.65 Å². The van der Waals surface area contributed by atoms with Crippen molar-refractivity contribution in [3.8, 4) is 28.8 Å². The standard InChI is InChI=1S/C19H13N5O/c1-13-7-18(24-19(23-13)16(9-20)11-22-24)25-17-8-15(10-21-12-17)14-5-3-2-4-6-14/h2-8,10-12H,1H3. The number of aryl methyl sites for hydroxylation is 1. The van der Waals surface area contributed by atoms with Crippen LogP contribution >= 0.6 is 0 Å². The fraction of sp³-hybridized carbons (Fsp3) is 0.0526. The van der Waals surface area contributed by atoms with Crippen molar-refractivity contribution >= 4 is 5.65 Å². The molecule has 0 aliphatic carbocycles. The molecule has 0 unspecified atom stereocenters. The summed E-state index contributed by atoms with van der Waals surface area (Å²) in [6.45, 7) is 1.85. The van der Waals surface area contributed by atoms with E-state index in [0.29, 0.717) is 22.8 Å². The summed E-state index contributed by atoms with van der Waals surface area (Å²) in [6, 6.07) is 15.7. The third-order valence-electron chi connectivity index (χ3n) is 3.73. The minimum Gasteiger partial charge on any atom is -0.437 e. The molecule has 6 heteroatoms. The fourth-order valence-corrected chi connectivity index (χ4v) is 2.59. The Hall–Kier alpha value is -3.72. The molecule has 0 saturated carbocycles. The van der Waals surface area contributed by atoms with Crippen LogP contribution in [0.2, 0.25) is 0 Å². The summed E-state index contributed by atoms with van der Waals surface area (Å²) >= 11 is 0. The van der Waals surface area contributed by atoms with Crippen LogP contribution in [0.4, 0.5) is 0 Å². The monoisotopic (exact) mass is 327 g/mol. The normalized spacial score (nSPS) is 10.6. The Morgan fingerprint density at radius 1 is 1.04 bits per heavy atom. The second-order valence-corrected chi connectivity index (χ2v) is 5.52. The van der Waals surface area contributed by atoms with Crippen molar-refractivity contribution in [3.63, 3.8) is 0 Å². The van der Waals surface area contributed by atoms with Crippen LogP contribution < -0.4 is 4.74 Å². The van der Waals surface area contributed by atoms with Gasteiger partial charge in [-0.3, -0.25) is 4.98 Å². The van der Waals surface area contributed by atoms with Crippen LogP contribution in [0.5, 0.6) is 11.6 Å². The number of ether oxygens (including phenoxy) is 1. The van der Waals surface area contributed by atoms with Gasteiger partial charge in [-0.15, -0.1) is 0 Å². The number of pyridine rings is 1. The lowest BCUT2D eigenvalue weighted by Crippen LogP contribution is -1.99. The van der Waals surface area contributed by atoms with E-state index in [1.165, 1.54) is 10.7 Å². The highest BCUT2D eigenvalue weighted by atomic mass is 16.5. The second-order valence-electron chi connectivity index (χ2n) is 5.52. The van der Waals surface area contributed by atoms with Gasteiger partial charge in [0.25, 0.3) is 0 Å². The Morgan fingerprint density at radius 2 is 1.88 bits per heavy atom. The number of nitrogens with zero attached hydrogens (tertiary/aromatic N) is 5. The van der Waals surface area contributed by atoms with E-state index in [1.807, 2.05) is 43.3 Å². The maximum atomic E-state index is 9.16. The molecule has 0 aliphatic rings. The van der Waals surface area contributed by atoms with Crippen molar-refractivity contribution in [2.75, 3.05) is 0 Å². The van der Waals surface area contributed by atoms with Gasteiger partial charge in [-0.2, -0.15) is 14.9 Å². The third kappa shape index (κ3) is 2.79. The molecule has 0 atom stereocenters. The molecule has 0 spiro atoms. The summed E-state index contributed by atoms with van der Waals surface area (Å²) in [5, 5.41) is 13.4. The zero-order chi connectivity index (χ0) is 17.2. The van der Waals surface area contributed by atoms with Crippen molar-refractivity contribution < 1.29 is 4.74 Å². The second kappa shape index (κ2) is 6.06. The number of benzene rings is 1. The van der Waals surface area contributed by atoms with Crippen molar-refractivity contribution in [3.05, 3.63) is 72.3 Å². The average molecular weight is 327 g/mol. The maximum Gasteiger partial charge on any atom is 0.224 e. The molecule has 0 saturated heterocycles. The van der Waals surface area contributed by atoms with Crippen LogP contribution in [0.3, 0.4) is 0 Å². The lowest BCUT2D eigenvalue weighted by Gasteiger charge is -2.09. The molecule has 0 N–H and O–H groups in total. The summed E-state index contributed by atoms with van der Waals surface area (Å²) in [5.74, 6) is 1.07. The van der Waals surface area contributed by atoms with Crippen LogP contribution in [0.1, 0.15) is 11.3 Å². The molecule has 3 heterocycles. The summed E-state index contributed by atoms with van der Waals surface area (Å²) in [6.07, 6.45) is 4.91. The third-order valence-corrected chi connectivity index (χ3v) is 3.73. The van der Waals surface area contributed by atoms with Gasteiger partial charge >= 0.3 is 0 Å². The van der Waals surface area contributed by atoms with Gasteiger partial charge < -0.3 is 4.74 Å². The van der Waals surface area contributed by atoms with Gasteiger partial charge in [0, 0.05) is 23.5 Å². The number of fused-ring (bicyclic) bond motifs is 1. The Bertz CT molecular complexity index is 1100. The number of nitriles is 1. The SMILES string of the molecule is Cc1cc(Oc2cncc(-c3ccccc3)c2)n2ncc(C#N)c2n1. The molecular formula is C19H13N5O. The lowest BCUT2D eigenvalue weighted by molar-refractivity contribution is 0.443. The topological polar surface area (TPSA) is 76.1 Å². The first-order chi connectivity index (χ1) is 12.2. The average Bonchev–Trinajstić information content (AvgIpc) is 3.06. The molecule has 1 aromatic carbocycles. The predicted molar refractivity (Wildman–Crippen MR) is 92.2 cm³/mol. The van der Waals surface area contributed by atoms with E-state index in [1.54, 1.807) is 18.5 Å². The largest absolute Gasteiger partial charge is 0.437 e. The van der Waals surface area contributed by atoms with Crippen LogP contribution in [0.15, 0.2) is 61.1 Å². The number of rotatable bonds is 3. The van der Waals surface area contributed by atoms with E-state index in [4.69, 9.17) is 10.00 Å². The molecule has 0 bridgehead atoms. The van der Waals surface area contributed by atoms with Crippen LogP contribution in [0, 0.1) is 18.3 Å². The Labute approximate surface area is 144 Å². The van der Waals surface area contributed by atoms with E-state index < -0.39 is 0 Å². The first-order valence-electron chi connectivity index (χ1n) is 7.68. The van der Waals surface area contributed by atoms with E-state index in [0.717, 1.165) is 16.8 Å². The Kier molecular flexibility index (Phi) is 3.60. The molecule has 0 fully saturated rings. The van der Waals surface area contributed by atoms with Gasteiger partial charge in [-0.05, 0) is 18.6 Å². The zero-order valence-electron chi connectivity index (χ0n) is 13.4. The van der Waals surface area contributed by atoms with E-state index in [2.05, 4.69) is 21.1 Å². The fourth-order valence-electron chi connectivity index (χ4n) is 2.59. The number of hydrogen-bond acceptors (Lipinski definition) is 5. The van der Waals surface area contributed by atoms with Crippen LogP contribution in [-0.2, 0) is 0 Å². The predicted octanol–water partition coefficient (Wildman–Crippen LogP) is 3.76. The molecule has 0 radical (unpaired) electrons. The molecule has 120 valence electrons. The summed E-state index contributed by atoms with van der Waals surface area (Å²) in [5.41, 5.74) is 3.64. The molecule has 3 aromatic heterocycles. The first-order valence-corrected chi connectivity index (χ1v) is 7.68. The van der Waals surface area contributed by atoms with E-state index >= 15 is 0 Å². The van der Waals surface area contributed by atoms with Crippen molar-refractivity contribution in [1.29, 1.82) is 5.26 Å².